The topological polar surface area (TPSA) is 172 Å². The number of para-hydroxylation sites is 2. The number of rotatable bonds is 0. The molecule has 13 saturated heterocycles. The molecule has 16 aliphatic heterocycles. The standard InChI is InChI=1S/2C14H19N.C13H17N.C9H18N2.C9H17NS.C9H15N.C9H16.C8H16N2S.C8H15N.C7H15N3.C7H14N2/c1-4-8-14(9-5-1)11-15-10-12-6-2-3-7-13(12)14;1-4-8-14(9-5-1)10-12-6-2-3-7-13(12)15-11-14;1-4-8-13(9-5-1)10-14-12-7-3-2-6-11(12)13;1-2-6-11-9(3-1)4-7-10-8-5-9;1-2-4-9(5-3-1)8-10-6-7-11-9;1-7-2-9-3-8(1)5-10(4-7)6-9;1-2-5-9(6-3-1)7-4-8-9;1-3-9-4-2-8(1)7-10-5-6-11-8;1-2-7-4-8(3-1)6-9-5-7;1-3-8-4-2-7(1)5-9-6-10-7;1-6-2-8-4-7(1)5-9-3-6/h2*2-3,6-7,15H,1,4-5,8-11H2;2-3,6-7,14H,1,4-5,8-10H2;10-11H,1-8H2;10H,1-8H2;7-9H,1-6H2;1-8H2;9-10H,1-7H2;7-9H,1-6H2;8-10H,1-6H2;6-9H,1-5H2. The maximum Gasteiger partial charge on any atom is 0.0459 e. The molecule has 3 aromatic carbocycles. The highest BCUT2D eigenvalue weighted by Gasteiger charge is 2.45. The van der Waals surface area contributed by atoms with E-state index in [2.05, 4.69) is 176 Å². The maximum absolute atomic E-state index is 3.69. The fourth-order valence-corrected chi connectivity index (χ4v) is 31.1. The fourth-order valence-electron chi connectivity index (χ4n) is 28.3. The SMILES string of the molecule is C1C2CC3CC1CN(C2)C3.C1CC2(CCN1)CNCCS2.C1CC2(CCN1)CNCN2.C1CC2CNCC(C1)C2.C1CCC2(CC1)CCC2.C1CCC2(CC1)CNCCS2.C1CCC2(CCNCC2)NC1.C1NCC2CNCC1C2.c1ccc2c(c1)CC1(CCCCC1)CN2.c1ccc2c(c1)CNCC21CCCCC1.c1ccc2c(c1)NCC21CCCCC1. The zero-order chi connectivity index (χ0) is 84.2. The van der Waals surface area contributed by atoms with Crippen molar-refractivity contribution in [3.05, 3.63) is 95.1 Å². The molecule has 2 atom stereocenters. The Morgan fingerprint density at radius 3 is 1.23 bits per heavy atom. The minimum Gasteiger partial charge on any atom is -0.384 e. The van der Waals surface area contributed by atoms with E-state index in [1.807, 2.05) is 0 Å². The van der Waals surface area contributed by atoms with Gasteiger partial charge in [-0.1, -0.05) is 176 Å². The van der Waals surface area contributed by atoms with E-state index in [1.165, 1.54) is 435 Å². The number of piperidine rings is 10. The van der Waals surface area contributed by atoms with Crippen LogP contribution in [0.2, 0.25) is 0 Å². The van der Waals surface area contributed by atoms with E-state index >= 15 is 0 Å². The number of nitrogens with zero attached hydrogens (tertiary/aromatic N) is 1. The Labute approximate surface area is 765 Å². The van der Waals surface area contributed by atoms with Crippen LogP contribution in [0.25, 0.3) is 0 Å². The van der Waals surface area contributed by atoms with Gasteiger partial charge in [-0.2, -0.15) is 23.5 Å². The minimum absolute atomic E-state index is 0.450. The second-order valence-corrected chi connectivity index (χ2v) is 47.9. The average molecular weight is 1740 g/mol. The van der Waals surface area contributed by atoms with Gasteiger partial charge in [0.05, 0.1) is 0 Å². The molecule has 14 N–H and O–H groups in total. The summed E-state index contributed by atoms with van der Waals surface area (Å²) < 4.78 is 1.26. The molecule has 8 bridgehead atoms. The highest BCUT2D eigenvalue weighted by atomic mass is 32.2. The number of hydrogen-bond donors (Lipinski definition) is 14. The molecule has 27 rings (SSSR count). The first-order chi connectivity index (χ1) is 61.1. The number of hydrogen-bond acceptors (Lipinski definition) is 17. The third kappa shape index (κ3) is 26.9. The predicted molar refractivity (Wildman–Crippen MR) is 531 cm³/mol. The van der Waals surface area contributed by atoms with Crippen molar-refractivity contribution in [2.24, 2.45) is 52.3 Å². The van der Waals surface area contributed by atoms with Crippen LogP contribution in [0.15, 0.2) is 72.8 Å². The lowest BCUT2D eigenvalue weighted by Gasteiger charge is -2.51. The van der Waals surface area contributed by atoms with Gasteiger partial charge in [-0.3, -0.25) is 5.32 Å². The number of benzene rings is 3. The van der Waals surface area contributed by atoms with Crippen molar-refractivity contribution in [3.63, 3.8) is 0 Å². The Hall–Kier alpha value is -2.56. The molecule has 0 radical (unpaired) electrons. The van der Waals surface area contributed by atoms with Crippen LogP contribution in [0.4, 0.5) is 11.4 Å². The van der Waals surface area contributed by atoms with Crippen LogP contribution in [0.5, 0.6) is 0 Å². The van der Waals surface area contributed by atoms with Crippen LogP contribution in [-0.4, -0.2) is 201 Å². The first-order valence-corrected chi connectivity index (χ1v) is 55.3. The van der Waals surface area contributed by atoms with Gasteiger partial charge < -0.3 is 74.0 Å². The Balaban J connectivity index is 0.000000101. The third-order valence-corrected chi connectivity index (χ3v) is 38.7. The summed E-state index contributed by atoms with van der Waals surface area (Å²) in [6.07, 6.45) is 66.5. The van der Waals surface area contributed by atoms with Crippen molar-refractivity contribution >= 4 is 34.9 Å². The molecule has 17 heteroatoms. The molecule has 15 nitrogen and oxygen atoms in total. The summed E-state index contributed by atoms with van der Waals surface area (Å²) in [5.41, 5.74) is 12.5. The van der Waals surface area contributed by atoms with Crippen LogP contribution in [-0.2, 0) is 23.8 Å². The molecule has 0 amide bonds. The number of nitrogens with one attached hydrogen (secondary N) is 14. The van der Waals surface area contributed by atoms with Gasteiger partial charge in [0.15, 0.2) is 0 Å². The molecular formula is C107H181N15S2. The molecule has 3 aromatic rings. The third-order valence-electron chi connectivity index (χ3n) is 35.6. The highest BCUT2D eigenvalue weighted by molar-refractivity contribution is 8.01. The largest absolute Gasteiger partial charge is 0.384 e. The van der Waals surface area contributed by atoms with Crippen LogP contribution in [0, 0.1) is 52.3 Å². The molecule has 124 heavy (non-hydrogen) atoms. The summed E-state index contributed by atoms with van der Waals surface area (Å²) in [6.45, 7) is 32.1. The molecule has 24 aliphatic rings. The maximum atomic E-state index is 3.69. The van der Waals surface area contributed by atoms with Crippen molar-refractivity contribution in [3.8, 4) is 0 Å². The van der Waals surface area contributed by atoms with Crippen molar-refractivity contribution in [2.45, 2.75) is 333 Å². The molecular weight excluding hydrogens is 1560 g/mol. The lowest BCUT2D eigenvalue weighted by atomic mass is 9.61. The van der Waals surface area contributed by atoms with Crippen LogP contribution in [0.1, 0.15) is 311 Å². The van der Waals surface area contributed by atoms with Gasteiger partial charge in [0.2, 0.25) is 0 Å². The summed E-state index contributed by atoms with van der Waals surface area (Å²) >= 11 is 4.41. The van der Waals surface area contributed by atoms with Gasteiger partial charge in [-0.05, 0) is 352 Å². The summed E-state index contributed by atoms with van der Waals surface area (Å²) in [6, 6.07) is 26.7. The predicted octanol–water partition coefficient (Wildman–Crippen LogP) is 18.2. The Morgan fingerprint density at radius 2 is 0.734 bits per heavy atom. The van der Waals surface area contributed by atoms with Crippen molar-refractivity contribution in [2.75, 3.05) is 186 Å². The molecule has 16 heterocycles. The van der Waals surface area contributed by atoms with E-state index in [1.54, 1.807) is 56.1 Å². The first kappa shape index (κ1) is 94.6. The Kier molecular flexibility index (Phi) is 36.5. The number of anilines is 2. The van der Waals surface area contributed by atoms with Gasteiger partial charge in [0.1, 0.15) is 0 Å². The monoisotopic (exact) mass is 1740 g/mol. The van der Waals surface area contributed by atoms with Crippen LogP contribution in [0.3, 0.4) is 0 Å². The lowest BCUT2D eigenvalue weighted by molar-refractivity contribution is -0.0169. The van der Waals surface area contributed by atoms with Crippen LogP contribution >= 0.6 is 23.5 Å². The summed E-state index contributed by atoms with van der Waals surface area (Å²) in [7, 11) is 0. The number of thioether (sulfide) groups is 2. The van der Waals surface area contributed by atoms with Crippen molar-refractivity contribution < 1.29 is 0 Å². The molecule has 21 fully saturated rings. The quantitative estimate of drug-likeness (QED) is 0.102. The minimum atomic E-state index is 0.450. The van der Waals surface area contributed by atoms with E-state index in [4.69, 9.17) is 0 Å². The second-order valence-electron chi connectivity index (χ2n) is 44.8. The average Bonchev–Trinajstić information content (AvgIpc) is 1.74. The van der Waals surface area contributed by atoms with E-state index in [0.717, 1.165) is 66.6 Å². The zero-order valence-corrected chi connectivity index (χ0v) is 80.2. The molecule has 8 spiro atoms. The van der Waals surface area contributed by atoms with Crippen molar-refractivity contribution in [1.82, 2.24) is 68.7 Å². The molecule has 8 saturated carbocycles. The molecule has 8 aliphatic carbocycles. The summed E-state index contributed by atoms with van der Waals surface area (Å²) in [4.78, 5) is 2.69. The normalized spacial score (nSPS) is 32.1. The van der Waals surface area contributed by atoms with E-state index in [0.29, 0.717) is 36.8 Å². The highest BCUT2D eigenvalue weighted by Crippen LogP contribution is 2.53. The Bertz CT molecular complexity index is 3230. The second kappa shape index (κ2) is 47.9. The van der Waals surface area contributed by atoms with Gasteiger partial charge in [-0.15, -0.1) is 0 Å². The zero-order valence-electron chi connectivity index (χ0n) is 78.6. The van der Waals surface area contributed by atoms with Gasteiger partial charge in [-0.25, -0.2) is 0 Å². The molecule has 2 unspecified atom stereocenters. The van der Waals surface area contributed by atoms with Crippen LogP contribution < -0.4 is 74.4 Å². The fraction of sp³-hybridized carbons (Fsp3) is 0.832. The Morgan fingerprint density at radius 1 is 0.282 bits per heavy atom. The smallest absolute Gasteiger partial charge is 0.0459 e. The van der Waals surface area contributed by atoms with Gasteiger partial charge in [0.25, 0.3) is 0 Å². The van der Waals surface area contributed by atoms with Gasteiger partial charge >= 0.3 is 0 Å². The van der Waals surface area contributed by atoms with Gasteiger partial charge in [0, 0.05) is 139 Å². The summed E-state index contributed by atoms with van der Waals surface area (Å²) in [5, 5.41) is 48.9. The van der Waals surface area contributed by atoms with E-state index in [9.17, 15) is 0 Å². The van der Waals surface area contributed by atoms with Crippen molar-refractivity contribution in [1.29, 1.82) is 0 Å². The summed E-state index contributed by atoms with van der Waals surface area (Å²) in [5.74, 6) is 9.88. The number of fused-ring (bicyclic) bond motifs is 9. The van der Waals surface area contributed by atoms with E-state index in [-0.39, 0.29) is 0 Å². The molecule has 0 aromatic heterocycles. The lowest BCUT2D eigenvalue weighted by Crippen LogP contribution is -2.54. The molecule has 696 valence electrons. The van der Waals surface area contributed by atoms with E-state index < -0.39 is 0 Å². The first-order valence-electron chi connectivity index (χ1n) is 53.4.